The summed E-state index contributed by atoms with van der Waals surface area (Å²) in [5.74, 6) is -0.214. The van der Waals surface area contributed by atoms with Crippen molar-refractivity contribution in [1.29, 1.82) is 5.41 Å². The SMILES string of the molecule is CC(=O)C(=N)c1cc(-c2cncc(N3CCCC3)c2)ccc1C. The Morgan fingerprint density at radius 1 is 1.13 bits per heavy atom. The molecule has 1 fully saturated rings. The van der Waals surface area contributed by atoms with Gasteiger partial charge >= 0.3 is 0 Å². The Labute approximate surface area is 136 Å². The first-order valence-corrected chi connectivity index (χ1v) is 7.97. The molecule has 2 heterocycles. The van der Waals surface area contributed by atoms with Gasteiger partial charge in [0.2, 0.25) is 0 Å². The molecule has 1 N–H and O–H groups in total. The van der Waals surface area contributed by atoms with E-state index in [2.05, 4.69) is 16.0 Å². The van der Waals surface area contributed by atoms with Crippen LogP contribution in [-0.4, -0.2) is 29.6 Å². The lowest BCUT2D eigenvalue weighted by Gasteiger charge is -2.18. The number of carbonyl (C=O) groups excluding carboxylic acids is 1. The van der Waals surface area contributed by atoms with Crippen LogP contribution in [0.1, 0.15) is 30.9 Å². The van der Waals surface area contributed by atoms with Crippen LogP contribution in [0, 0.1) is 12.3 Å². The summed E-state index contributed by atoms with van der Waals surface area (Å²) in [5.41, 5.74) is 4.85. The average molecular weight is 307 g/mol. The molecule has 0 atom stereocenters. The Morgan fingerprint density at radius 2 is 1.87 bits per heavy atom. The molecule has 4 nitrogen and oxygen atoms in total. The number of rotatable bonds is 4. The van der Waals surface area contributed by atoms with Crippen molar-refractivity contribution in [3.63, 3.8) is 0 Å². The molecular weight excluding hydrogens is 286 g/mol. The van der Waals surface area contributed by atoms with E-state index in [-0.39, 0.29) is 11.5 Å². The van der Waals surface area contributed by atoms with Gasteiger partial charge in [0.05, 0.1) is 11.9 Å². The second kappa shape index (κ2) is 6.32. The summed E-state index contributed by atoms with van der Waals surface area (Å²) in [6.45, 7) is 5.53. The molecule has 0 bridgehead atoms. The fourth-order valence-electron chi connectivity index (χ4n) is 2.99. The normalized spacial score (nSPS) is 14.1. The Balaban J connectivity index is 1.98. The molecule has 1 aromatic heterocycles. The summed E-state index contributed by atoms with van der Waals surface area (Å²) < 4.78 is 0. The van der Waals surface area contributed by atoms with Crippen LogP contribution in [0.25, 0.3) is 11.1 Å². The highest BCUT2D eigenvalue weighted by Crippen LogP contribution is 2.27. The largest absolute Gasteiger partial charge is 0.370 e. The number of pyridine rings is 1. The van der Waals surface area contributed by atoms with Crippen LogP contribution in [0.5, 0.6) is 0 Å². The number of aromatic nitrogens is 1. The number of anilines is 1. The van der Waals surface area contributed by atoms with Gasteiger partial charge in [-0.25, -0.2) is 0 Å². The van der Waals surface area contributed by atoms with Gasteiger partial charge in [-0.15, -0.1) is 0 Å². The zero-order valence-electron chi connectivity index (χ0n) is 13.6. The predicted octanol–water partition coefficient (Wildman–Crippen LogP) is 3.61. The average Bonchev–Trinajstić information content (AvgIpc) is 3.09. The Bertz CT molecular complexity index is 761. The van der Waals surface area contributed by atoms with Crippen molar-refractivity contribution in [3.8, 4) is 11.1 Å². The summed E-state index contributed by atoms with van der Waals surface area (Å²) in [7, 11) is 0. The smallest absolute Gasteiger partial charge is 0.178 e. The second-order valence-corrected chi connectivity index (χ2v) is 6.09. The molecule has 0 unspecified atom stereocenters. The summed E-state index contributed by atoms with van der Waals surface area (Å²) >= 11 is 0. The van der Waals surface area contributed by atoms with Crippen molar-refractivity contribution in [2.24, 2.45) is 0 Å². The maximum absolute atomic E-state index is 11.5. The fourth-order valence-corrected chi connectivity index (χ4v) is 2.99. The first-order valence-electron chi connectivity index (χ1n) is 7.97. The molecule has 0 saturated carbocycles. The van der Waals surface area contributed by atoms with Gasteiger partial charge in [0.1, 0.15) is 5.71 Å². The molecule has 0 amide bonds. The number of ketones is 1. The number of carbonyl (C=O) groups is 1. The number of nitrogens with zero attached hydrogens (tertiary/aromatic N) is 2. The van der Waals surface area contributed by atoms with Gasteiger partial charge in [-0.3, -0.25) is 15.2 Å². The van der Waals surface area contributed by atoms with E-state index in [0.29, 0.717) is 5.56 Å². The zero-order chi connectivity index (χ0) is 16.4. The third-order valence-corrected chi connectivity index (χ3v) is 4.39. The van der Waals surface area contributed by atoms with Crippen LogP contribution in [-0.2, 0) is 4.79 Å². The van der Waals surface area contributed by atoms with Crippen molar-refractivity contribution >= 4 is 17.2 Å². The van der Waals surface area contributed by atoms with Gasteiger partial charge in [0, 0.05) is 37.3 Å². The van der Waals surface area contributed by atoms with Crippen LogP contribution in [0.2, 0.25) is 0 Å². The maximum atomic E-state index is 11.5. The van der Waals surface area contributed by atoms with Crippen LogP contribution in [0.3, 0.4) is 0 Å². The number of Topliss-reactive ketones (excluding diaryl/α,β-unsaturated/α-hetero) is 1. The lowest BCUT2D eigenvalue weighted by Crippen LogP contribution is -2.17. The number of hydrogen-bond donors (Lipinski definition) is 1. The van der Waals surface area contributed by atoms with E-state index in [4.69, 9.17) is 5.41 Å². The number of nitrogens with one attached hydrogen (secondary N) is 1. The van der Waals surface area contributed by atoms with Crippen molar-refractivity contribution < 1.29 is 4.79 Å². The molecule has 0 radical (unpaired) electrons. The monoisotopic (exact) mass is 307 g/mol. The molecule has 0 aliphatic carbocycles. The molecule has 1 aliphatic heterocycles. The molecule has 0 spiro atoms. The molecule has 118 valence electrons. The Hall–Kier alpha value is -2.49. The molecule has 4 heteroatoms. The van der Waals surface area contributed by atoms with Crippen LogP contribution >= 0.6 is 0 Å². The molecule has 1 saturated heterocycles. The first-order chi connectivity index (χ1) is 11.1. The van der Waals surface area contributed by atoms with Crippen molar-refractivity contribution in [3.05, 3.63) is 47.8 Å². The van der Waals surface area contributed by atoms with Gasteiger partial charge in [-0.2, -0.15) is 0 Å². The van der Waals surface area contributed by atoms with Crippen molar-refractivity contribution in [1.82, 2.24) is 4.98 Å². The summed E-state index contributed by atoms with van der Waals surface area (Å²) in [6, 6.07) is 8.05. The molecular formula is C19H21N3O. The van der Waals surface area contributed by atoms with E-state index in [9.17, 15) is 4.79 Å². The lowest BCUT2D eigenvalue weighted by atomic mass is 9.96. The number of aryl methyl sites for hydroxylation is 1. The number of benzene rings is 1. The summed E-state index contributed by atoms with van der Waals surface area (Å²) in [4.78, 5) is 18.3. The van der Waals surface area contributed by atoms with Crippen LogP contribution in [0.4, 0.5) is 5.69 Å². The summed E-state index contributed by atoms with van der Waals surface area (Å²) in [6.07, 6.45) is 6.20. The highest BCUT2D eigenvalue weighted by atomic mass is 16.1. The van der Waals surface area contributed by atoms with Crippen molar-refractivity contribution in [2.45, 2.75) is 26.7 Å². The van der Waals surface area contributed by atoms with E-state index in [1.54, 1.807) is 0 Å². The minimum atomic E-state index is -0.214. The van der Waals surface area contributed by atoms with E-state index in [0.717, 1.165) is 35.5 Å². The van der Waals surface area contributed by atoms with Gasteiger partial charge in [0.15, 0.2) is 5.78 Å². The minimum Gasteiger partial charge on any atom is -0.370 e. The van der Waals surface area contributed by atoms with Crippen LogP contribution < -0.4 is 4.90 Å². The molecule has 1 aromatic carbocycles. The van der Waals surface area contributed by atoms with Crippen LogP contribution in [0.15, 0.2) is 36.7 Å². The van der Waals surface area contributed by atoms with Crippen molar-refractivity contribution in [2.75, 3.05) is 18.0 Å². The highest BCUT2D eigenvalue weighted by Gasteiger charge is 2.15. The quantitative estimate of drug-likeness (QED) is 0.878. The minimum absolute atomic E-state index is 0.0630. The highest BCUT2D eigenvalue weighted by molar-refractivity contribution is 6.44. The standard InChI is InChI=1S/C19H21N3O/c1-13-5-6-15(10-18(13)19(20)14(2)23)16-9-17(12-21-11-16)22-7-3-4-8-22/h5-6,9-12,20H,3-4,7-8H2,1-2H3. The van der Waals surface area contributed by atoms with E-state index in [1.165, 1.54) is 19.8 Å². The van der Waals surface area contributed by atoms with Gasteiger partial charge in [0.25, 0.3) is 0 Å². The molecule has 23 heavy (non-hydrogen) atoms. The number of hydrogen-bond acceptors (Lipinski definition) is 4. The first kappa shape index (κ1) is 15.4. The third kappa shape index (κ3) is 3.16. The molecule has 3 rings (SSSR count). The Kier molecular flexibility index (Phi) is 4.24. The van der Waals surface area contributed by atoms with E-state index < -0.39 is 0 Å². The molecule has 1 aliphatic rings. The van der Waals surface area contributed by atoms with Gasteiger partial charge in [-0.05, 0) is 43.0 Å². The third-order valence-electron chi connectivity index (χ3n) is 4.39. The second-order valence-electron chi connectivity index (χ2n) is 6.09. The Morgan fingerprint density at radius 3 is 2.57 bits per heavy atom. The zero-order valence-corrected chi connectivity index (χ0v) is 13.6. The summed E-state index contributed by atoms with van der Waals surface area (Å²) in [5, 5.41) is 7.99. The predicted molar refractivity (Wildman–Crippen MR) is 93.4 cm³/mol. The fraction of sp³-hybridized carbons (Fsp3) is 0.316. The molecule has 2 aromatic rings. The van der Waals surface area contributed by atoms with E-state index in [1.807, 2.05) is 37.5 Å². The van der Waals surface area contributed by atoms with Gasteiger partial charge < -0.3 is 4.90 Å². The topological polar surface area (TPSA) is 57.1 Å². The van der Waals surface area contributed by atoms with Gasteiger partial charge in [-0.1, -0.05) is 12.1 Å². The lowest BCUT2D eigenvalue weighted by molar-refractivity contribution is -0.111. The van der Waals surface area contributed by atoms with E-state index >= 15 is 0 Å². The maximum Gasteiger partial charge on any atom is 0.178 e.